The van der Waals surface area contributed by atoms with E-state index < -0.39 is 86.0 Å². The quantitative estimate of drug-likeness (QED) is 0.0414. The van der Waals surface area contributed by atoms with Crippen molar-refractivity contribution < 1.29 is 61.6 Å². The summed E-state index contributed by atoms with van der Waals surface area (Å²) in [5.41, 5.74) is 6.84. The molecule has 0 aromatic heterocycles. The highest BCUT2D eigenvalue weighted by atomic mass is 16.8. The molecule has 13 nitrogen and oxygen atoms in total. The number of ether oxygens (including phenoxy) is 13. The second kappa shape index (κ2) is 30.9. The first-order valence-corrected chi connectivity index (χ1v) is 28.5. The highest BCUT2D eigenvalue weighted by molar-refractivity contribution is 5.19. The van der Waals surface area contributed by atoms with E-state index in [4.69, 9.17) is 61.6 Å². The minimum absolute atomic E-state index is 0.170. The maximum atomic E-state index is 7.57. The maximum absolute atomic E-state index is 7.57. The predicted octanol–water partition coefficient (Wildman–Crippen LogP) is 11.9. The van der Waals surface area contributed by atoms with Crippen LogP contribution in [0.5, 0.6) is 0 Å². The Morgan fingerprint density at radius 1 is 0.317 bits per heavy atom. The SMILES string of the molecule is C=CCO[C@@H]1O[C@@H](C)[C@H](OCc2ccccc2)[C@@H](O[C@@H]2O[C@@H](C)[C@H](OCc3ccccc3)[C@@H](O[C@@H]3O[C@H](COCc4ccccc4)[C@@H](OCc4ccccc4)[C@H]3OCc3ccccc3)[C@H]2OCc2ccccc2)[C@H]1OCc1ccccc1. The van der Waals surface area contributed by atoms with Crippen molar-refractivity contribution in [3.05, 3.63) is 264 Å². The molecular weight excluding hydrogens is 1040 g/mol. The van der Waals surface area contributed by atoms with Gasteiger partial charge in [-0.2, -0.15) is 0 Å². The molecule has 0 saturated carbocycles. The molecule has 0 N–H and O–H groups in total. The molecule has 10 rings (SSSR count). The third-order valence-electron chi connectivity index (χ3n) is 14.8. The van der Waals surface area contributed by atoms with Gasteiger partial charge in [0.25, 0.3) is 0 Å². The van der Waals surface area contributed by atoms with E-state index in [2.05, 4.69) is 6.58 Å². The smallest absolute Gasteiger partial charge is 0.187 e. The monoisotopic (exact) mass is 1110 g/mol. The van der Waals surface area contributed by atoms with Crippen LogP contribution < -0.4 is 0 Å². The molecule has 13 heteroatoms. The topological polar surface area (TPSA) is 120 Å². The summed E-state index contributed by atoms with van der Waals surface area (Å²) in [5, 5.41) is 0. The third-order valence-corrected chi connectivity index (χ3v) is 14.8. The Bertz CT molecular complexity index is 2880. The molecule has 0 aliphatic carbocycles. The van der Waals surface area contributed by atoms with Crippen molar-refractivity contribution in [1.29, 1.82) is 0 Å². The Balaban J connectivity index is 1.04. The van der Waals surface area contributed by atoms with E-state index in [0.29, 0.717) is 13.2 Å². The first-order chi connectivity index (χ1) is 40.5. The molecule has 0 bridgehead atoms. The van der Waals surface area contributed by atoms with Crippen LogP contribution in [0.1, 0.15) is 52.8 Å². The minimum atomic E-state index is -1.12. The average Bonchev–Trinajstić information content (AvgIpc) is 3.96. The van der Waals surface area contributed by atoms with Crippen molar-refractivity contribution in [2.45, 2.75) is 146 Å². The molecule has 430 valence electrons. The number of benzene rings is 7. The van der Waals surface area contributed by atoms with Gasteiger partial charge in [0.15, 0.2) is 18.9 Å². The summed E-state index contributed by atoms with van der Waals surface area (Å²) < 4.78 is 90.9. The van der Waals surface area contributed by atoms with E-state index >= 15 is 0 Å². The van der Waals surface area contributed by atoms with E-state index in [1.54, 1.807) is 6.08 Å². The number of hydrogen-bond donors (Lipinski definition) is 0. The molecule has 3 fully saturated rings. The molecule has 0 radical (unpaired) electrons. The Morgan fingerprint density at radius 2 is 0.598 bits per heavy atom. The minimum Gasteiger partial charge on any atom is -0.374 e. The van der Waals surface area contributed by atoms with E-state index in [9.17, 15) is 0 Å². The van der Waals surface area contributed by atoms with Gasteiger partial charge in [0, 0.05) is 0 Å². The van der Waals surface area contributed by atoms with Gasteiger partial charge < -0.3 is 61.6 Å². The zero-order valence-corrected chi connectivity index (χ0v) is 46.7. The highest BCUT2D eigenvalue weighted by Gasteiger charge is 2.56. The number of hydrogen-bond acceptors (Lipinski definition) is 13. The van der Waals surface area contributed by atoms with Gasteiger partial charge in [0.1, 0.15) is 54.9 Å². The first-order valence-electron chi connectivity index (χ1n) is 28.5. The van der Waals surface area contributed by atoms with E-state index in [-0.39, 0.29) is 46.2 Å². The summed E-state index contributed by atoms with van der Waals surface area (Å²) in [5.74, 6) is 0. The number of rotatable bonds is 29. The van der Waals surface area contributed by atoms with E-state index in [1.807, 2.05) is 226 Å². The molecule has 7 aromatic carbocycles. The molecule has 14 atom stereocenters. The van der Waals surface area contributed by atoms with Gasteiger partial charge in [0.2, 0.25) is 0 Å². The fraction of sp³-hybridized carbons (Fsp3) is 0.362. The largest absolute Gasteiger partial charge is 0.374 e. The van der Waals surface area contributed by atoms with Gasteiger partial charge in [-0.15, -0.1) is 6.58 Å². The lowest BCUT2D eigenvalue weighted by Crippen LogP contribution is -2.65. The van der Waals surface area contributed by atoms with Crippen molar-refractivity contribution >= 4 is 0 Å². The highest BCUT2D eigenvalue weighted by Crippen LogP contribution is 2.39. The van der Waals surface area contributed by atoms with E-state index in [0.717, 1.165) is 38.9 Å². The summed E-state index contributed by atoms with van der Waals surface area (Å²) in [6.07, 6.45) is -9.66. The zero-order valence-electron chi connectivity index (χ0n) is 46.7. The normalized spacial score (nSPS) is 27.2. The van der Waals surface area contributed by atoms with Crippen LogP contribution in [0.4, 0.5) is 0 Å². The van der Waals surface area contributed by atoms with Crippen LogP contribution >= 0.6 is 0 Å². The Hall–Kier alpha value is -6.24. The Morgan fingerprint density at radius 3 is 0.951 bits per heavy atom. The predicted molar refractivity (Wildman–Crippen MR) is 309 cm³/mol. The summed E-state index contributed by atoms with van der Waals surface area (Å²) >= 11 is 0. The third kappa shape index (κ3) is 16.5. The van der Waals surface area contributed by atoms with Crippen LogP contribution in [0.2, 0.25) is 0 Å². The van der Waals surface area contributed by atoms with Crippen LogP contribution in [0, 0.1) is 0 Å². The molecule has 0 spiro atoms. The molecule has 3 saturated heterocycles. The first kappa shape index (κ1) is 58.9. The Kier molecular flexibility index (Phi) is 22.2. The van der Waals surface area contributed by atoms with Gasteiger partial charge in [0.05, 0.1) is 71.7 Å². The molecule has 0 amide bonds. The lowest BCUT2D eigenvalue weighted by Gasteiger charge is -2.50. The summed E-state index contributed by atoms with van der Waals surface area (Å²) in [7, 11) is 0. The second-order valence-corrected chi connectivity index (χ2v) is 20.9. The van der Waals surface area contributed by atoms with Gasteiger partial charge in [-0.1, -0.05) is 218 Å². The van der Waals surface area contributed by atoms with Gasteiger partial charge in [-0.3, -0.25) is 0 Å². The van der Waals surface area contributed by atoms with Crippen molar-refractivity contribution in [2.24, 2.45) is 0 Å². The fourth-order valence-corrected chi connectivity index (χ4v) is 10.6. The molecule has 7 aromatic rings. The van der Waals surface area contributed by atoms with Crippen molar-refractivity contribution in [2.75, 3.05) is 13.2 Å². The van der Waals surface area contributed by atoms with Crippen LogP contribution in [0.25, 0.3) is 0 Å². The zero-order chi connectivity index (χ0) is 56.1. The summed E-state index contributed by atoms with van der Waals surface area (Å²) in [6, 6.07) is 70.2. The van der Waals surface area contributed by atoms with Crippen molar-refractivity contribution in [3.63, 3.8) is 0 Å². The molecule has 3 heterocycles. The second-order valence-electron chi connectivity index (χ2n) is 20.9. The lowest BCUT2D eigenvalue weighted by atomic mass is 9.96. The van der Waals surface area contributed by atoms with Crippen LogP contribution in [-0.2, 0) is 108 Å². The van der Waals surface area contributed by atoms with Gasteiger partial charge >= 0.3 is 0 Å². The van der Waals surface area contributed by atoms with Crippen LogP contribution in [0.15, 0.2) is 225 Å². The summed E-state index contributed by atoms with van der Waals surface area (Å²) in [6.45, 7) is 10.1. The Labute approximate surface area is 482 Å². The average molecular weight is 1110 g/mol. The molecule has 3 aliphatic rings. The standard InChI is InChI=1S/C69H76O13/c1-4-40-71-67-65(76-46-56-36-22-10-23-37-56)62(59(49(2)78-67)72-42-52-28-14-6-15-29-52)81-68-66(77-47-57-38-24-11-25-39-57)63(60(50(3)79-68)73-43-53-30-16-7-17-31-53)82-69-64(75-45-55-34-20-9-21-35-55)61(74-44-54-32-18-8-19-33-54)58(80-69)48-70-41-51-26-12-5-13-27-51/h4-39,49-50,58-69H,1,40-48H2,2-3H3/t49-,50-,58+,59-,60-,61+,62+,63+,64+,65+,66+,67+,68-,69-/m0/s1. The molecule has 82 heavy (non-hydrogen) atoms. The molecular formula is C69H76O13. The van der Waals surface area contributed by atoms with Crippen LogP contribution in [-0.4, -0.2) is 99.2 Å². The maximum Gasteiger partial charge on any atom is 0.187 e. The summed E-state index contributed by atoms with van der Waals surface area (Å²) in [4.78, 5) is 0. The van der Waals surface area contributed by atoms with Gasteiger partial charge in [-0.25, -0.2) is 0 Å². The van der Waals surface area contributed by atoms with Gasteiger partial charge in [-0.05, 0) is 52.8 Å². The fourth-order valence-electron chi connectivity index (χ4n) is 10.6. The van der Waals surface area contributed by atoms with Crippen molar-refractivity contribution in [1.82, 2.24) is 0 Å². The molecule has 0 unspecified atom stereocenters. The lowest BCUT2D eigenvalue weighted by molar-refractivity contribution is -0.379. The van der Waals surface area contributed by atoms with Crippen LogP contribution in [0.3, 0.4) is 0 Å². The van der Waals surface area contributed by atoms with Crippen molar-refractivity contribution in [3.8, 4) is 0 Å². The van der Waals surface area contributed by atoms with E-state index in [1.165, 1.54) is 0 Å². The molecule has 3 aliphatic heterocycles.